The first-order valence-corrected chi connectivity index (χ1v) is 6.33. The van der Waals surface area contributed by atoms with Crippen LogP contribution in [0.2, 0.25) is 0 Å². The second-order valence-electron chi connectivity index (χ2n) is 4.42. The topological polar surface area (TPSA) is 24.5 Å². The van der Waals surface area contributed by atoms with Crippen LogP contribution in [0.25, 0.3) is 0 Å². The van der Waals surface area contributed by atoms with Crippen molar-refractivity contribution in [3.8, 4) is 5.75 Å². The zero-order valence-corrected chi connectivity index (χ0v) is 11.9. The minimum atomic E-state index is -2.79. The molecule has 1 aromatic carbocycles. The third-order valence-corrected chi connectivity index (χ3v) is 3.19. The summed E-state index contributed by atoms with van der Waals surface area (Å²) in [6, 6.07) is 6.86. The van der Waals surface area contributed by atoms with Gasteiger partial charge in [0, 0.05) is 26.2 Å². The van der Waals surface area contributed by atoms with Crippen molar-refractivity contribution in [1.29, 1.82) is 0 Å². The van der Waals surface area contributed by atoms with Crippen LogP contribution < -0.4 is 10.1 Å². The lowest BCUT2D eigenvalue weighted by Gasteiger charge is -2.33. The van der Waals surface area contributed by atoms with Crippen LogP contribution in [0.5, 0.6) is 5.75 Å². The molecule has 3 nitrogen and oxygen atoms in total. The molecule has 0 bridgehead atoms. The van der Waals surface area contributed by atoms with Gasteiger partial charge in [-0.3, -0.25) is 4.90 Å². The van der Waals surface area contributed by atoms with Crippen LogP contribution >= 0.6 is 12.4 Å². The summed E-state index contributed by atoms with van der Waals surface area (Å²) in [5, 5.41) is 3.28. The monoisotopic (exact) mass is 304 g/mol. The van der Waals surface area contributed by atoms with Gasteiger partial charge in [0.15, 0.2) is 0 Å². The fourth-order valence-electron chi connectivity index (χ4n) is 2.33. The second kappa shape index (κ2) is 8.19. The second-order valence-corrected chi connectivity index (χ2v) is 4.42. The number of halogens is 3. The molecule has 1 aliphatic heterocycles. The molecule has 1 fully saturated rings. The standard InChI is InChI=1S/C14H18F2N2O.ClH/c1-2-13(18-8-6-17-7-9-18)11-4-3-5-12(10-11)19-14(15)16;/h2-5,10,13-14,17H,1,6-9H2;1H/t13-;/m0./s1. The van der Waals surface area contributed by atoms with Crippen molar-refractivity contribution < 1.29 is 13.5 Å². The molecule has 0 unspecified atom stereocenters. The molecule has 6 heteroatoms. The molecule has 1 saturated heterocycles. The summed E-state index contributed by atoms with van der Waals surface area (Å²) in [5.41, 5.74) is 0.926. The van der Waals surface area contributed by atoms with Crippen LogP contribution in [0.3, 0.4) is 0 Å². The average molecular weight is 305 g/mol. The van der Waals surface area contributed by atoms with Gasteiger partial charge in [0.05, 0.1) is 6.04 Å². The van der Waals surface area contributed by atoms with E-state index in [0.717, 1.165) is 31.7 Å². The lowest BCUT2D eigenvalue weighted by molar-refractivity contribution is -0.0499. The van der Waals surface area contributed by atoms with E-state index in [0.29, 0.717) is 0 Å². The SMILES string of the molecule is C=C[C@@H](c1cccc(OC(F)F)c1)N1CCNCC1.Cl. The van der Waals surface area contributed by atoms with E-state index in [2.05, 4.69) is 21.5 Å². The fourth-order valence-corrected chi connectivity index (χ4v) is 2.33. The summed E-state index contributed by atoms with van der Waals surface area (Å²) in [4.78, 5) is 2.27. The minimum Gasteiger partial charge on any atom is -0.435 e. The number of rotatable bonds is 5. The van der Waals surface area contributed by atoms with Gasteiger partial charge in [-0.25, -0.2) is 0 Å². The maximum Gasteiger partial charge on any atom is 0.387 e. The molecule has 20 heavy (non-hydrogen) atoms. The van der Waals surface area contributed by atoms with E-state index in [-0.39, 0.29) is 24.2 Å². The molecule has 1 heterocycles. The quantitative estimate of drug-likeness (QED) is 0.847. The molecule has 1 aromatic rings. The summed E-state index contributed by atoms with van der Waals surface area (Å²) in [6.07, 6.45) is 1.84. The molecular weight excluding hydrogens is 286 g/mol. The summed E-state index contributed by atoms with van der Waals surface area (Å²) in [6.45, 7) is 4.74. The van der Waals surface area contributed by atoms with Crippen LogP contribution in [-0.2, 0) is 0 Å². The lowest BCUT2D eigenvalue weighted by Crippen LogP contribution is -2.44. The number of alkyl halides is 2. The molecule has 1 N–H and O–H groups in total. The first-order valence-electron chi connectivity index (χ1n) is 6.33. The molecule has 112 valence electrons. The highest BCUT2D eigenvalue weighted by Gasteiger charge is 2.19. The predicted molar refractivity (Wildman–Crippen MR) is 77.7 cm³/mol. The van der Waals surface area contributed by atoms with Crippen LogP contribution in [0, 0.1) is 0 Å². The Morgan fingerprint density at radius 3 is 2.60 bits per heavy atom. The zero-order valence-electron chi connectivity index (χ0n) is 11.1. The van der Waals surface area contributed by atoms with Gasteiger partial charge in [-0.15, -0.1) is 19.0 Å². The van der Waals surface area contributed by atoms with Gasteiger partial charge >= 0.3 is 6.61 Å². The van der Waals surface area contributed by atoms with E-state index >= 15 is 0 Å². The smallest absolute Gasteiger partial charge is 0.387 e. The Bertz CT molecular complexity index is 425. The fraction of sp³-hybridized carbons (Fsp3) is 0.429. The molecule has 0 aliphatic carbocycles. The number of ether oxygens (including phenoxy) is 1. The van der Waals surface area contributed by atoms with E-state index in [1.165, 1.54) is 6.07 Å². The van der Waals surface area contributed by atoms with Crippen LogP contribution in [-0.4, -0.2) is 37.7 Å². The third-order valence-electron chi connectivity index (χ3n) is 3.19. The maximum atomic E-state index is 12.2. The van der Waals surface area contributed by atoms with Gasteiger partial charge < -0.3 is 10.1 Å². The Balaban J connectivity index is 0.00000200. The van der Waals surface area contributed by atoms with Gasteiger partial charge in [-0.2, -0.15) is 8.78 Å². The van der Waals surface area contributed by atoms with Crippen molar-refractivity contribution >= 4 is 12.4 Å². The van der Waals surface area contributed by atoms with Gasteiger partial charge in [0.2, 0.25) is 0 Å². The van der Waals surface area contributed by atoms with Gasteiger partial charge in [0.1, 0.15) is 5.75 Å². The van der Waals surface area contributed by atoms with Crippen molar-refractivity contribution in [2.45, 2.75) is 12.7 Å². The van der Waals surface area contributed by atoms with Crippen molar-refractivity contribution in [2.75, 3.05) is 26.2 Å². The molecule has 1 atom stereocenters. The van der Waals surface area contributed by atoms with E-state index < -0.39 is 6.61 Å². The first-order chi connectivity index (χ1) is 9.20. The van der Waals surface area contributed by atoms with E-state index in [9.17, 15) is 8.78 Å². The van der Waals surface area contributed by atoms with Gasteiger partial charge in [-0.05, 0) is 17.7 Å². The van der Waals surface area contributed by atoms with E-state index in [4.69, 9.17) is 0 Å². The highest BCUT2D eigenvalue weighted by atomic mass is 35.5. The number of nitrogens with one attached hydrogen (secondary N) is 1. The molecule has 1 aliphatic rings. The van der Waals surface area contributed by atoms with Crippen LogP contribution in [0.15, 0.2) is 36.9 Å². The molecule has 0 saturated carbocycles. The minimum absolute atomic E-state index is 0. The Morgan fingerprint density at radius 1 is 1.30 bits per heavy atom. The molecule has 0 aromatic heterocycles. The van der Waals surface area contributed by atoms with Crippen molar-refractivity contribution in [3.63, 3.8) is 0 Å². The third kappa shape index (κ3) is 4.44. The van der Waals surface area contributed by atoms with E-state index in [1.807, 2.05) is 12.1 Å². The van der Waals surface area contributed by atoms with Gasteiger partial charge in [-0.1, -0.05) is 18.2 Å². The molecule has 0 amide bonds. The normalized spacial score (nSPS) is 17.4. The number of hydrogen-bond donors (Lipinski definition) is 1. The molecular formula is C14H19ClF2N2O. The summed E-state index contributed by atoms with van der Waals surface area (Å²) >= 11 is 0. The maximum absolute atomic E-state index is 12.2. The number of hydrogen-bond acceptors (Lipinski definition) is 3. The lowest BCUT2D eigenvalue weighted by atomic mass is 10.0. The van der Waals surface area contributed by atoms with Crippen molar-refractivity contribution in [2.24, 2.45) is 0 Å². The Kier molecular flexibility index (Phi) is 6.91. The number of piperazine rings is 1. The Labute approximate surface area is 124 Å². The van der Waals surface area contributed by atoms with Gasteiger partial charge in [0.25, 0.3) is 0 Å². The molecule has 0 spiro atoms. The van der Waals surface area contributed by atoms with Crippen molar-refractivity contribution in [3.05, 3.63) is 42.5 Å². The largest absolute Gasteiger partial charge is 0.435 e. The highest BCUT2D eigenvalue weighted by Crippen LogP contribution is 2.26. The highest BCUT2D eigenvalue weighted by molar-refractivity contribution is 5.85. The first kappa shape index (κ1) is 16.9. The number of nitrogens with zero attached hydrogens (tertiary/aromatic N) is 1. The molecule has 2 rings (SSSR count). The molecule has 0 radical (unpaired) electrons. The summed E-state index contributed by atoms with van der Waals surface area (Å²) < 4.78 is 28.9. The predicted octanol–water partition coefficient (Wildman–Crippen LogP) is 2.84. The number of benzene rings is 1. The summed E-state index contributed by atoms with van der Waals surface area (Å²) in [7, 11) is 0. The summed E-state index contributed by atoms with van der Waals surface area (Å²) in [5.74, 6) is 0.189. The van der Waals surface area contributed by atoms with E-state index in [1.54, 1.807) is 12.1 Å². The Morgan fingerprint density at radius 2 is 2.00 bits per heavy atom. The average Bonchev–Trinajstić information content (AvgIpc) is 2.40. The van der Waals surface area contributed by atoms with Crippen LogP contribution in [0.4, 0.5) is 8.78 Å². The van der Waals surface area contributed by atoms with Crippen LogP contribution in [0.1, 0.15) is 11.6 Å². The Hall–Kier alpha value is -1.17. The van der Waals surface area contributed by atoms with Crippen molar-refractivity contribution in [1.82, 2.24) is 10.2 Å². The zero-order chi connectivity index (χ0) is 13.7.